The number of nitrogens with zero attached hydrogens (tertiary/aromatic N) is 3. The van der Waals surface area contributed by atoms with Gasteiger partial charge in [-0.25, -0.2) is 0 Å². The third-order valence-corrected chi connectivity index (χ3v) is 31.3. The molecule has 0 N–H and O–H groups in total. The zero-order chi connectivity index (χ0) is 95.9. The van der Waals surface area contributed by atoms with E-state index in [1.165, 1.54) is 290 Å². The molecule has 682 valence electrons. The topological polar surface area (TPSA) is 13.2 Å². The maximum Gasteiger partial charge on any atom is 0.0620 e. The van der Waals surface area contributed by atoms with Crippen molar-refractivity contribution in [2.24, 2.45) is 0 Å². The van der Waals surface area contributed by atoms with E-state index in [9.17, 15) is 0 Å². The molecule has 0 saturated carbocycles. The van der Waals surface area contributed by atoms with Crippen LogP contribution in [0.1, 0.15) is 248 Å². The lowest BCUT2D eigenvalue weighted by Crippen LogP contribution is -2.16. The summed E-state index contributed by atoms with van der Waals surface area (Å²) in [5.74, 6) is 2.98. The number of fused-ring (bicyclic) bond motifs is 24. The van der Waals surface area contributed by atoms with Gasteiger partial charge in [-0.1, -0.05) is 339 Å². The number of aryl methyl sites for hydroxylation is 3. The van der Waals surface area contributed by atoms with E-state index in [0.29, 0.717) is 35.5 Å². The Kier molecular flexibility index (Phi) is 20.5. The molecule has 0 unspecified atom stereocenters. The largest absolute Gasteiger partial charge is 0.308 e. The Bertz CT molecular complexity index is 8880. The molecule has 6 aromatic heterocycles. The highest BCUT2D eigenvalue weighted by atomic mass is 14.9. The smallest absolute Gasteiger partial charge is 0.0620 e. The number of rotatable bonds is 10. The number of hydrogen-bond acceptors (Lipinski definition) is 0. The Morgan fingerprint density at radius 2 is 0.442 bits per heavy atom. The molecule has 6 heterocycles. The molecule has 3 nitrogen and oxygen atoms in total. The van der Waals surface area contributed by atoms with E-state index < -0.39 is 0 Å². The third-order valence-electron chi connectivity index (χ3n) is 31.3. The maximum absolute atomic E-state index is 2.55. The van der Waals surface area contributed by atoms with Crippen molar-refractivity contribution in [3.63, 3.8) is 0 Å². The summed E-state index contributed by atoms with van der Waals surface area (Å²) in [6.45, 7) is 55.1. The zero-order valence-electron chi connectivity index (χ0n) is 85.1. The van der Waals surface area contributed by atoms with Crippen molar-refractivity contribution in [2.75, 3.05) is 0 Å². The van der Waals surface area contributed by atoms with Gasteiger partial charge in [-0.3, -0.25) is 0 Å². The maximum atomic E-state index is 2.55. The van der Waals surface area contributed by atoms with Crippen LogP contribution in [0.5, 0.6) is 0 Å². The molecule has 19 aromatic carbocycles. The van der Waals surface area contributed by atoms with Crippen LogP contribution in [0.15, 0.2) is 297 Å². The SMILES string of the molecule is CC(C)c1ccc2cc3c(cc2c1)c1cc(-c2cc(C(C)(C)C)cc(C(C)(C)C)c2)cc2c4cc5cc(C(C)C)ccc5cc4n3c12.Cc1cc(C(C)(C)C)cc(C)c1-c1cc2c3cc4cc(C(C)C)ccc4cc3n3c4cc5ccc(C(C)C)cc5cc4c(c1)c23.Cc1ccc(-c2cc3c4cc5cc(C(C)C)ccc5cc4n4c5cc6ccc(C(C)C)cc6cc5c(c2)c34)c(-c2ccccc2)c1. The average Bonchev–Trinajstić information content (AvgIpc) is 1.54. The molecule has 0 bridgehead atoms. The second kappa shape index (κ2) is 32.1. The molecule has 25 aromatic rings. The number of benzene rings is 19. The fourth-order valence-corrected chi connectivity index (χ4v) is 23.1. The van der Waals surface area contributed by atoms with E-state index in [1.54, 1.807) is 0 Å². The molecule has 0 aliphatic rings. The van der Waals surface area contributed by atoms with Crippen LogP contribution < -0.4 is 0 Å². The van der Waals surface area contributed by atoms with Crippen LogP contribution in [0, 0.1) is 20.8 Å². The highest BCUT2D eigenvalue weighted by molar-refractivity contribution is 6.31. The van der Waals surface area contributed by atoms with Gasteiger partial charge in [0.05, 0.1) is 49.7 Å². The van der Waals surface area contributed by atoms with Crippen molar-refractivity contribution in [2.45, 2.75) is 218 Å². The Balaban J connectivity index is 0.000000116. The summed E-state index contributed by atoms with van der Waals surface area (Å²) in [5.41, 5.74) is 38.8. The van der Waals surface area contributed by atoms with Crippen molar-refractivity contribution in [1.82, 2.24) is 13.2 Å². The minimum atomic E-state index is 0.0552. The first kappa shape index (κ1) is 88.1. The van der Waals surface area contributed by atoms with Crippen molar-refractivity contribution in [3.8, 4) is 44.5 Å². The van der Waals surface area contributed by atoms with Gasteiger partial charge in [0.1, 0.15) is 0 Å². The molecule has 25 rings (SSSR count). The summed E-state index contributed by atoms with van der Waals surface area (Å²) >= 11 is 0. The summed E-state index contributed by atoms with van der Waals surface area (Å²) in [5, 5.41) is 31.7. The lowest BCUT2D eigenvalue weighted by molar-refractivity contribution is 0.569. The summed E-state index contributed by atoms with van der Waals surface area (Å²) in [6.07, 6.45) is 0. The number of hydrogen-bond donors (Lipinski definition) is 0. The molecule has 3 heteroatoms. The molecule has 0 aliphatic carbocycles. The molecule has 0 saturated heterocycles. The first-order valence-corrected chi connectivity index (χ1v) is 50.8. The van der Waals surface area contributed by atoms with Crippen molar-refractivity contribution < 1.29 is 0 Å². The van der Waals surface area contributed by atoms with Crippen molar-refractivity contribution in [1.29, 1.82) is 0 Å². The first-order chi connectivity index (χ1) is 65.9. The summed E-state index contributed by atoms with van der Waals surface area (Å²) in [7, 11) is 0. The predicted octanol–water partition coefficient (Wildman–Crippen LogP) is 39.7. The van der Waals surface area contributed by atoms with Gasteiger partial charge >= 0.3 is 0 Å². The molecule has 0 spiro atoms. The van der Waals surface area contributed by atoms with E-state index in [-0.39, 0.29) is 16.2 Å². The number of aromatic nitrogens is 3. The van der Waals surface area contributed by atoms with Gasteiger partial charge in [-0.15, -0.1) is 0 Å². The van der Waals surface area contributed by atoms with E-state index >= 15 is 0 Å². The van der Waals surface area contributed by atoms with Gasteiger partial charge in [0.2, 0.25) is 0 Å². The van der Waals surface area contributed by atoms with Gasteiger partial charge in [0.25, 0.3) is 0 Å². The van der Waals surface area contributed by atoms with Crippen LogP contribution in [0.3, 0.4) is 0 Å². The van der Waals surface area contributed by atoms with Crippen LogP contribution in [-0.2, 0) is 16.2 Å². The molecule has 0 radical (unpaired) electrons. The van der Waals surface area contributed by atoms with E-state index in [0.717, 1.165) is 0 Å². The van der Waals surface area contributed by atoms with E-state index in [2.05, 4.69) is 477 Å². The molecular weight excluding hydrogens is 1660 g/mol. The minimum Gasteiger partial charge on any atom is -0.308 e. The van der Waals surface area contributed by atoms with E-state index in [1.807, 2.05) is 0 Å². The van der Waals surface area contributed by atoms with Gasteiger partial charge in [0.15, 0.2) is 0 Å². The van der Waals surface area contributed by atoms with Gasteiger partial charge in [-0.05, 0) is 352 Å². The molecule has 0 amide bonds. The Hall–Kier alpha value is -13.9. The van der Waals surface area contributed by atoms with Crippen LogP contribution >= 0.6 is 0 Å². The minimum absolute atomic E-state index is 0.0552. The van der Waals surface area contributed by atoms with Gasteiger partial charge in [-0.2, -0.15) is 0 Å². The normalized spacial score (nSPS) is 12.9. The van der Waals surface area contributed by atoms with Crippen molar-refractivity contribution in [3.05, 3.63) is 364 Å². The fraction of sp³-hybridized carbons (Fsp3) is 0.244. The molecule has 0 aliphatic heterocycles. The molecule has 0 fully saturated rings. The van der Waals surface area contributed by atoms with Gasteiger partial charge < -0.3 is 13.2 Å². The highest BCUT2D eigenvalue weighted by Gasteiger charge is 2.30. The quantitative estimate of drug-likeness (QED) is 0.129. The lowest BCUT2D eigenvalue weighted by atomic mass is 9.79. The Morgan fingerprint density at radius 3 is 0.710 bits per heavy atom. The summed E-state index contributed by atoms with van der Waals surface area (Å²) < 4.78 is 7.64. The van der Waals surface area contributed by atoms with Crippen LogP contribution in [0.2, 0.25) is 0 Å². The highest BCUT2D eigenvalue weighted by Crippen LogP contribution is 2.52. The van der Waals surface area contributed by atoms with Crippen LogP contribution in [0.25, 0.3) is 223 Å². The van der Waals surface area contributed by atoms with Gasteiger partial charge in [0, 0.05) is 64.6 Å². The zero-order valence-corrected chi connectivity index (χ0v) is 85.1. The lowest BCUT2D eigenvalue weighted by Gasteiger charge is -2.26. The third kappa shape index (κ3) is 14.5. The molecule has 0 atom stereocenters. The van der Waals surface area contributed by atoms with Crippen LogP contribution in [0.4, 0.5) is 0 Å². The summed E-state index contributed by atoms with van der Waals surface area (Å²) in [6, 6.07) is 116. The first-order valence-electron chi connectivity index (χ1n) is 50.8. The monoisotopic (exact) mass is 1790 g/mol. The van der Waals surface area contributed by atoms with Crippen molar-refractivity contribution >= 4 is 179 Å². The Morgan fingerprint density at radius 1 is 0.188 bits per heavy atom. The van der Waals surface area contributed by atoms with Crippen LogP contribution in [-0.4, -0.2) is 13.2 Å². The standard InChI is InChI=1S/C46H47N.C45H37N.C44H43N/c1-26(2)28-11-13-30-23-42-38(19-32(30)15-28)40-21-35(34-17-36(45(5,6)7)25-37(18-34)46(8,9)10)22-41-39-20-33-16-29(27(3)4)12-14-31(33)24-43(39)47(42)44(40)41;1-26(2)30-12-14-32-24-43-39(20-34(32)18-30)41-22-36(37-16-11-28(5)17-38(37)29-9-7-6-8-10-29)23-42-40-21-35-19-31(27(3)4)13-15-33(35)25-44(40)46(43)45(41)42;1-24(2)28-10-12-30-22-40-36(18-32(30)16-28)38-20-34(42-26(5)14-35(15-27(42)6)44(7,8)9)21-39-37-19-33-17-29(25(3)4)11-13-31(33)23-41(37)45(40)43(38)39/h11-27H,1-10H3;6-27H,1-5H3;10-25H,1-9H3. The second-order valence-corrected chi connectivity index (χ2v) is 46.0. The van der Waals surface area contributed by atoms with E-state index in [4.69, 9.17) is 0 Å². The average molecular weight is 1790 g/mol. The predicted molar refractivity (Wildman–Crippen MR) is 605 cm³/mol. The second-order valence-electron chi connectivity index (χ2n) is 46.0. The molecule has 138 heavy (non-hydrogen) atoms. The Labute approximate surface area is 812 Å². The summed E-state index contributed by atoms with van der Waals surface area (Å²) in [4.78, 5) is 0. The molecular formula is C135H127N3. The fourth-order valence-electron chi connectivity index (χ4n) is 23.1.